The average molecular weight is 284 g/mol. The van der Waals surface area contributed by atoms with Crippen LogP contribution in [0.3, 0.4) is 0 Å². The van der Waals surface area contributed by atoms with Gasteiger partial charge >= 0.3 is 0 Å². The number of rotatable bonds is 8. The first-order valence-corrected chi connectivity index (χ1v) is 7.64. The zero-order valence-electron chi connectivity index (χ0n) is 12.9. The van der Waals surface area contributed by atoms with Crippen LogP contribution in [-0.2, 0) is 6.54 Å². The van der Waals surface area contributed by atoms with E-state index in [1.54, 1.807) is 6.20 Å². The molecule has 2 rings (SSSR count). The molecule has 1 heterocycles. The second kappa shape index (κ2) is 8.25. The maximum Gasteiger partial charge on any atom is 0.224 e. The Bertz CT molecular complexity index is 537. The number of aryl methyl sites for hydroxylation is 1. The van der Waals surface area contributed by atoms with Gasteiger partial charge < -0.3 is 10.6 Å². The maximum absolute atomic E-state index is 4.47. The van der Waals surface area contributed by atoms with E-state index in [9.17, 15) is 0 Å². The molecule has 1 aromatic heterocycles. The number of aromatic nitrogens is 2. The number of anilines is 2. The molecule has 0 unspecified atom stereocenters. The highest BCUT2D eigenvalue weighted by Gasteiger charge is 1.99. The van der Waals surface area contributed by atoms with Crippen molar-refractivity contribution in [1.82, 2.24) is 9.97 Å². The van der Waals surface area contributed by atoms with Crippen LogP contribution < -0.4 is 10.6 Å². The van der Waals surface area contributed by atoms with Gasteiger partial charge in [0, 0.05) is 19.3 Å². The molecule has 0 saturated heterocycles. The largest absolute Gasteiger partial charge is 0.370 e. The fraction of sp³-hybridized carbons (Fsp3) is 0.412. The van der Waals surface area contributed by atoms with E-state index in [1.165, 1.54) is 30.4 Å². The fourth-order valence-corrected chi connectivity index (χ4v) is 2.02. The standard InChI is InChI=1S/C17H24N4/c1-3-4-5-11-18-16-10-12-19-17(21-16)20-13-15-8-6-14(2)7-9-15/h6-10,12H,3-5,11,13H2,1-2H3,(H2,18,19,20,21). The van der Waals surface area contributed by atoms with Crippen LogP contribution in [0.5, 0.6) is 0 Å². The average Bonchev–Trinajstić information content (AvgIpc) is 2.52. The van der Waals surface area contributed by atoms with Gasteiger partial charge in [-0.05, 0) is 25.0 Å². The van der Waals surface area contributed by atoms with Gasteiger partial charge in [-0.3, -0.25) is 0 Å². The Morgan fingerprint density at radius 2 is 1.81 bits per heavy atom. The highest BCUT2D eigenvalue weighted by atomic mass is 15.1. The summed E-state index contributed by atoms with van der Waals surface area (Å²) in [6.07, 6.45) is 5.44. The number of hydrogen-bond acceptors (Lipinski definition) is 4. The topological polar surface area (TPSA) is 49.8 Å². The van der Waals surface area contributed by atoms with Gasteiger partial charge in [0.05, 0.1) is 0 Å². The molecule has 0 saturated carbocycles. The monoisotopic (exact) mass is 284 g/mol. The van der Waals surface area contributed by atoms with Gasteiger partial charge in [0.1, 0.15) is 5.82 Å². The summed E-state index contributed by atoms with van der Waals surface area (Å²) < 4.78 is 0. The second-order valence-corrected chi connectivity index (χ2v) is 5.24. The predicted molar refractivity (Wildman–Crippen MR) is 88.6 cm³/mol. The third-order valence-corrected chi connectivity index (χ3v) is 3.31. The molecule has 21 heavy (non-hydrogen) atoms. The molecular formula is C17H24N4. The van der Waals surface area contributed by atoms with E-state index in [-0.39, 0.29) is 0 Å². The van der Waals surface area contributed by atoms with Crippen LogP contribution in [0.25, 0.3) is 0 Å². The minimum atomic E-state index is 0.663. The Balaban J connectivity index is 1.84. The number of benzene rings is 1. The molecular weight excluding hydrogens is 260 g/mol. The van der Waals surface area contributed by atoms with Crippen LogP contribution in [0.4, 0.5) is 11.8 Å². The molecule has 1 aromatic carbocycles. The highest BCUT2D eigenvalue weighted by Crippen LogP contribution is 2.09. The molecule has 0 amide bonds. The molecule has 0 atom stereocenters. The molecule has 0 spiro atoms. The van der Waals surface area contributed by atoms with Gasteiger partial charge in [-0.25, -0.2) is 4.98 Å². The van der Waals surface area contributed by atoms with Crippen LogP contribution >= 0.6 is 0 Å². The zero-order chi connectivity index (χ0) is 14.9. The van der Waals surface area contributed by atoms with E-state index in [1.807, 2.05) is 6.07 Å². The molecule has 4 nitrogen and oxygen atoms in total. The van der Waals surface area contributed by atoms with Crippen molar-refractivity contribution in [1.29, 1.82) is 0 Å². The first-order chi connectivity index (χ1) is 10.3. The van der Waals surface area contributed by atoms with Crippen LogP contribution in [0.2, 0.25) is 0 Å². The van der Waals surface area contributed by atoms with Crippen molar-refractivity contribution in [2.45, 2.75) is 39.7 Å². The molecule has 0 aliphatic heterocycles. The van der Waals surface area contributed by atoms with Crippen molar-refractivity contribution < 1.29 is 0 Å². The number of nitrogens with zero attached hydrogens (tertiary/aromatic N) is 2. The Morgan fingerprint density at radius 1 is 1.00 bits per heavy atom. The van der Waals surface area contributed by atoms with E-state index in [2.05, 4.69) is 58.7 Å². The highest BCUT2D eigenvalue weighted by molar-refractivity contribution is 5.40. The smallest absolute Gasteiger partial charge is 0.224 e. The third kappa shape index (κ3) is 5.42. The lowest BCUT2D eigenvalue weighted by molar-refractivity contribution is 0.742. The molecule has 0 radical (unpaired) electrons. The lowest BCUT2D eigenvalue weighted by atomic mass is 10.1. The summed E-state index contributed by atoms with van der Waals surface area (Å²) in [6, 6.07) is 10.4. The molecule has 0 aliphatic carbocycles. The van der Waals surface area contributed by atoms with Crippen LogP contribution in [0.15, 0.2) is 36.5 Å². The Morgan fingerprint density at radius 3 is 2.57 bits per heavy atom. The van der Waals surface area contributed by atoms with E-state index in [0.29, 0.717) is 5.95 Å². The zero-order valence-corrected chi connectivity index (χ0v) is 12.9. The predicted octanol–water partition coefficient (Wildman–Crippen LogP) is 4.00. The molecule has 0 bridgehead atoms. The van der Waals surface area contributed by atoms with Crippen molar-refractivity contribution in [2.75, 3.05) is 17.2 Å². The van der Waals surface area contributed by atoms with Crippen molar-refractivity contribution in [3.8, 4) is 0 Å². The minimum Gasteiger partial charge on any atom is -0.370 e. The molecule has 2 aromatic rings. The minimum absolute atomic E-state index is 0.663. The summed E-state index contributed by atoms with van der Waals surface area (Å²) in [5.74, 6) is 1.54. The van der Waals surface area contributed by atoms with Crippen molar-refractivity contribution >= 4 is 11.8 Å². The number of nitrogens with one attached hydrogen (secondary N) is 2. The quantitative estimate of drug-likeness (QED) is 0.719. The van der Waals surface area contributed by atoms with Gasteiger partial charge in [-0.15, -0.1) is 0 Å². The fourth-order valence-electron chi connectivity index (χ4n) is 2.02. The van der Waals surface area contributed by atoms with Crippen LogP contribution in [-0.4, -0.2) is 16.5 Å². The summed E-state index contributed by atoms with van der Waals surface area (Å²) in [7, 11) is 0. The molecule has 4 heteroatoms. The summed E-state index contributed by atoms with van der Waals surface area (Å²) in [6.45, 7) is 5.99. The van der Waals surface area contributed by atoms with Gasteiger partial charge in [-0.1, -0.05) is 49.6 Å². The SMILES string of the molecule is CCCCCNc1ccnc(NCc2ccc(C)cc2)n1. The molecule has 112 valence electrons. The lowest BCUT2D eigenvalue weighted by Crippen LogP contribution is -2.07. The van der Waals surface area contributed by atoms with Gasteiger partial charge in [0.15, 0.2) is 0 Å². The second-order valence-electron chi connectivity index (χ2n) is 5.24. The Labute approximate surface area is 127 Å². The first-order valence-electron chi connectivity index (χ1n) is 7.64. The Hall–Kier alpha value is -2.10. The molecule has 0 fully saturated rings. The summed E-state index contributed by atoms with van der Waals surface area (Å²) in [5, 5.41) is 6.59. The molecule has 2 N–H and O–H groups in total. The lowest BCUT2D eigenvalue weighted by Gasteiger charge is -2.08. The van der Waals surface area contributed by atoms with Crippen LogP contribution in [0.1, 0.15) is 37.3 Å². The number of hydrogen-bond donors (Lipinski definition) is 2. The number of unbranched alkanes of at least 4 members (excludes halogenated alkanes) is 2. The summed E-state index contributed by atoms with van der Waals surface area (Å²) in [5.41, 5.74) is 2.50. The third-order valence-electron chi connectivity index (χ3n) is 3.31. The van der Waals surface area contributed by atoms with Gasteiger partial charge in [0.25, 0.3) is 0 Å². The van der Waals surface area contributed by atoms with Crippen LogP contribution in [0, 0.1) is 6.92 Å². The maximum atomic E-state index is 4.47. The van der Waals surface area contributed by atoms with Gasteiger partial charge in [0.2, 0.25) is 5.95 Å². The van der Waals surface area contributed by atoms with Crippen molar-refractivity contribution in [2.24, 2.45) is 0 Å². The van der Waals surface area contributed by atoms with Gasteiger partial charge in [-0.2, -0.15) is 4.98 Å². The Kier molecular flexibility index (Phi) is 6.00. The van der Waals surface area contributed by atoms with Crippen molar-refractivity contribution in [3.05, 3.63) is 47.7 Å². The molecule has 0 aliphatic rings. The van der Waals surface area contributed by atoms with E-state index >= 15 is 0 Å². The summed E-state index contributed by atoms with van der Waals surface area (Å²) in [4.78, 5) is 8.72. The van der Waals surface area contributed by atoms with E-state index in [0.717, 1.165) is 18.9 Å². The summed E-state index contributed by atoms with van der Waals surface area (Å²) >= 11 is 0. The van der Waals surface area contributed by atoms with E-state index in [4.69, 9.17) is 0 Å². The van der Waals surface area contributed by atoms with Crippen molar-refractivity contribution in [3.63, 3.8) is 0 Å². The first kappa shape index (κ1) is 15.3. The van der Waals surface area contributed by atoms with E-state index < -0.39 is 0 Å². The normalized spacial score (nSPS) is 10.4.